The lowest BCUT2D eigenvalue weighted by molar-refractivity contribution is 0.0525. The average Bonchev–Trinajstić information content (AvgIpc) is 2.37. The third-order valence-corrected chi connectivity index (χ3v) is 3.04. The number of carbonyl (C=O) groups is 2. The van der Waals surface area contributed by atoms with Crippen molar-refractivity contribution >= 4 is 27.7 Å². The summed E-state index contributed by atoms with van der Waals surface area (Å²) >= 11 is 3.25. The lowest BCUT2D eigenvalue weighted by atomic mass is 9.99. The molecule has 0 amide bonds. The second kappa shape index (κ2) is 6.69. The van der Waals surface area contributed by atoms with Crippen LogP contribution in [-0.2, 0) is 11.2 Å². The van der Waals surface area contributed by atoms with Crippen molar-refractivity contribution in [3.05, 3.63) is 34.9 Å². The number of hydrogen-bond acceptors (Lipinski definition) is 3. The SMILES string of the molecule is CCOC(=O)c1ccc(C(=O)C(C)Br)cc1CC. The summed E-state index contributed by atoms with van der Waals surface area (Å²) < 4.78 is 4.99. The Morgan fingerprint density at radius 2 is 2.00 bits per heavy atom. The van der Waals surface area contributed by atoms with Crippen LogP contribution in [0.25, 0.3) is 0 Å². The maximum Gasteiger partial charge on any atom is 0.338 e. The number of ketones is 1. The highest BCUT2D eigenvalue weighted by Crippen LogP contribution is 2.17. The Bertz CT molecular complexity index is 452. The molecular formula is C14H17BrO3. The normalized spacial score (nSPS) is 12.0. The molecule has 1 atom stereocenters. The van der Waals surface area contributed by atoms with E-state index >= 15 is 0 Å². The number of aryl methyl sites for hydroxylation is 1. The first-order valence-corrected chi connectivity index (χ1v) is 6.91. The molecule has 0 aromatic heterocycles. The van der Waals surface area contributed by atoms with E-state index in [1.54, 1.807) is 32.0 Å². The smallest absolute Gasteiger partial charge is 0.338 e. The zero-order chi connectivity index (χ0) is 13.7. The molecule has 0 aliphatic rings. The van der Waals surface area contributed by atoms with Crippen molar-refractivity contribution < 1.29 is 14.3 Å². The molecule has 0 aliphatic carbocycles. The Kier molecular flexibility index (Phi) is 5.54. The number of ether oxygens (including phenoxy) is 1. The van der Waals surface area contributed by atoms with Gasteiger partial charge in [-0.2, -0.15) is 0 Å². The molecule has 4 heteroatoms. The van der Waals surface area contributed by atoms with Gasteiger partial charge in [-0.05, 0) is 38.0 Å². The van der Waals surface area contributed by atoms with Gasteiger partial charge in [-0.1, -0.05) is 28.9 Å². The summed E-state index contributed by atoms with van der Waals surface area (Å²) in [5.74, 6) is -0.319. The van der Waals surface area contributed by atoms with Crippen molar-refractivity contribution in [2.75, 3.05) is 6.61 Å². The number of hydrogen-bond donors (Lipinski definition) is 0. The summed E-state index contributed by atoms with van der Waals surface area (Å²) in [6, 6.07) is 5.11. The van der Waals surface area contributed by atoms with Crippen LogP contribution in [0.2, 0.25) is 0 Å². The van der Waals surface area contributed by atoms with Gasteiger partial charge in [0.15, 0.2) is 5.78 Å². The van der Waals surface area contributed by atoms with Crippen LogP contribution in [-0.4, -0.2) is 23.2 Å². The standard InChI is InChI=1S/C14H17BrO3/c1-4-10-8-11(13(16)9(3)15)6-7-12(10)14(17)18-5-2/h6-9H,4-5H2,1-3H3. The Morgan fingerprint density at radius 1 is 1.33 bits per heavy atom. The van der Waals surface area contributed by atoms with Gasteiger partial charge in [0.05, 0.1) is 17.0 Å². The van der Waals surface area contributed by atoms with Gasteiger partial charge >= 0.3 is 5.97 Å². The third-order valence-electron chi connectivity index (χ3n) is 2.63. The van der Waals surface area contributed by atoms with Gasteiger partial charge < -0.3 is 4.74 Å². The fourth-order valence-corrected chi connectivity index (χ4v) is 1.94. The summed E-state index contributed by atoms with van der Waals surface area (Å²) in [5.41, 5.74) is 2.00. The fourth-order valence-electron chi connectivity index (χ4n) is 1.68. The summed E-state index contributed by atoms with van der Waals surface area (Å²) in [4.78, 5) is 23.4. The molecule has 1 aromatic rings. The van der Waals surface area contributed by atoms with Crippen molar-refractivity contribution in [2.24, 2.45) is 0 Å². The maximum absolute atomic E-state index is 11.9. The predicted molar refractivity (Wildman–Crippen MR) is 74.5 cm³/mol. The van der Waals surface area contributed by atoms with E-state index in [1.807, 2.05) is 6.92 Å². The third kappa shape index (κ3) is 3.42. The largest absolute Gasteiger partial charge is 0.462 e. The molecule has 0 radical (unpaired) electrons. The van der Waals surface area contributed by atoms with E-state index in [1.165, 1.54) is 0 Å². The van der Waals surface area contributed by atoms with Gasteiger partial charge in [-0.15, -0.1) is 0 Å². The second-order valence-electron chi connectivity index (χ2n) is 3.93. The number of halogens is 1. The molecule has 3 nitrogen and oxygen atoms in total. The molecule has 1 aromatic carbocycles. The first kappa shape index (κ1) is 14.9. The molecule has 98 valence electrons. The van der Waals surface area contributed by atoms with E-state index in [0.29, 0.717) is 24.2 Å². The molecule has 0 bridgehead atoms. The van der Waals surface area contributed by atoms with Crippen LogP contribution in [0.3, 0.4) is 0 Å². The summed E-state index contributed by atoms with van der Waals surface area (Å²) in [7, 11) is 0. The molecule has 1 unspecified atom stereocenters. The van der Waals surface area contributed by atoms with Crippen LogP contribution in [0.4, 0.5) is 0 Å². The van der Waals surface area contributed by atoms with Crippen LogP contribution < -0.4 is 0 Å². The number of rotatable bonds is 5. The molecule has 18 heavy (non-hydrogen) atoms. The second-order valence-corrected chi connectivity index (χ2v) is 5.30. The molecule has 0 saturated heterocycles. The van der Waals surface area contributed by atoms with E-state index in [0.717, 1.165) is 5.56 Å². The number of Topliss-reactive ketones (excluding diaryl/α,β-unsaturated/α-hetero) is 1. The minimum absolute atomic E-state index is 0.0140. The van der Waals surface area contributed by atoms with E-state index in [4.69, 9.17) is 4.74 Å². The van der Waals surface area contributed by atoms with Crippen molar-refractivity contribution in [1.82, 2.24) is 0 Å². The minimum atomic E-state index is -0.333. The lowest BCUT2D eigenvalue weighted by Gasteiger charge is -2.10. The van der Waals surface area contributed by atoms with Gasteiger partial charge in [0, 0.05) is 5.56 Å². The van der Waals surface area contributed by atoms with Gasteiger partial charge in [0.1, 0.15) is 0 Å². The van der Waals surface area contributed by atoms with Crippen LogP contribution >= 0.6 is 15.9 Å². The highest BCUT2D eigenvalue weighted by Gasteiger charge is 2.16. The zero-order valence-electron chi connectivity index (χ0n) is 10.8. The molecule has 0 spiro atoms. The van der Waals surface area contributed by atoms with Gasteiger partial charge in [-0.25, -0.2) is 4.79 Å². The van der Waals surface area contributed by atoms with Crippen molar-refractivity contribution in [1.29, 1.82) is 0 Å². The van der Waals surface area contributed by atoms with Gasteiger partial charge in [0.25, 0.3) is 0 Å². The highest BCUT2D eigenvalue weighted by atomic mass is 79.9. The average molecular weight is 313 g/mol. The lowest BCUT2D eigenvalue weighted by Crippen LogP contribution is -2.13. The van der Waals surface area contributed by atoms with Crippen molar-refractivity contribution in [2.45, 2.75) is 32.0 Å². The van der Waals surface area contributed by atoms with Crippen LogP contribution in [0.15, 0.2) is 18.2 Å². The molecule has 0 aliphatic heterocycles. The number of alkyl halides is 1. The first-order chi connectivity index (χ1) is 8.51. The van der Waals surface area contributed by atoms with E-state index in [-0.39, 0.29) is 16.6 Å². The number of benzene rings is 1. The topological polar surface area (TPSA) is 43.4 Å². The van der Waals surface area contributed by atoms with E-state index < -0.39 is 0 Å². The molecule has 1 rings (SSSR count). The summed E-state index contributed by atoms with van der Waals surface area (Å²) in [5, 5.41) is 0. The Balaban J connectivity index is 3.11. The minimum Gasteiger partial charge on any atom is -0.462 e. The maximum atomic E-state index is 11.9. The van der Waals surface area contributed by atoms with E-state index in [9.17, 15) is 9.59 Å². The molecule has 0 heterocycles. The molecular weight excluding hydrogens is 296 g/mol. The van der Waals surface area contributed by atoms with Crippen molar-refractivity contribution in [3.8, 4) is 0 Å². The Morgan fingerprint density at radius 3 is 2.50 bits per heavy atom. The quantitative estimate of drug-likeness (QED) is 0.475. The zero-order valence-corrected chi connectivity index (χ0v) is 12.4. The highest BCUT2D eigenvalue weighted by molar-refractivity contribution is 9.10. The molecule has 0 saturated carbocycles. The van der Waals surface area contributed by atoms with E-state index in [2.05, 4.69) is 15.9 Å². The Hall–Kier alpha value is -1.16. The number of carbonyl (C=O) groups excluding carboxylic acids is 2. The van der Waals surface area contributed by atoms with Gasteiger partial charge in [0.2, 0.25) is 0 Å². The number of esters is 1. The molecule has 0 fully saturated rings. The first-order valence-electron chi connectivity index (χ1n) is 5.99. The monoisotopic (exact) mass is 312 g/mol. The van der Waals surface area contributed by atoms with Crippen LogP contribution in [0, 0.1) is 0 Å². The predicted octanol–water partition coefficient (Wildman–Crippen LogP) is 3.39. The summed E-state index contributed by atoms with van der Waals surface area (Å²) in [6.07, 6.45) is 0.686. The fraction of sp³-hybridized carbons (Fsp3) is 0.429. The molecule has 0 N–H and O–H groups in total. The van der Waals surface area contributed by atoms with Crippen molar-refractivity contribution in [3.63, 3.8) is 0 Å². The van der Waals surface area contributed by atoms with Gasteiger partial charge in [-0.3, -0.25) is 4.79 Å². The Labute approximate surface area is 116 Å². The van der Waals surface area contributed by atoms with Crippen LogP contribution in [0.5, 0.6) is 0 Å². The van der Waals surface area contributed by atoms with Crippen LogP contribution in [0.1, 0.15) is 47.1 Å². The summed E-state index contributed by atoms with van der Waals surface area (Å²) in [6.45, 7) is 5.85.